The molecule has 2 aromatic carbocycles. The van der Waals surface area contributed by atoms with E-state index in [0.29, 0.717) is 13.2 Å². The van der Waals surface area contributed by atoms with E-state index in [0.717, 1.165) is 46.9 Å². The summed E-state index contributed by atoms with van der Waals surface area (Å²) in [6.45, 7) is 5.79. The van der Waals surface area contributed by atoms with E-state index in [1.807, 2.05) is 60.9 Å². The molecule has 6 nitrogen and oxygen atoms in total. The second-order valence-electron chi connectivity index (χ2n) is 8.28. The first kappa shape index (κ1) is 20.7. The van der Waals surface area contributed by atoms with Gasteiger partial charge in [-0.3, -0.25) is 0 Å². The zero-order chi connectivity index (χ0) is 21.5. The molecule has 160 valence electrons. The standard InChI is InChI=1S/C25H28N4O2/c1-25(2,11-13-30-23-9-5-3-7-19(23)21-15-26-17-28-21)12-14-31-24-10-6-4-8-20(24)22-16-27-18-29-22/h3-10,15-18H,11-14H2,1-2H3,(H,26,28)(H,27,29). The number of hydrogen-bond acceptors (Lipinski definition) is 4. The zero-order valence-electron chi connectivity index (χ0n) is 18.0. The van der Waals surface area contributed by atoms with Crippen molar-refractivity contribution in [3.63, 3.8) is 0 Å². The van der Waals surface area contributed by atoms with Gasteiger partial charge in [-0.1, -0.05) is 38.1 Å². The van der Waals surface area contributed by atoms with E-state index in [4.69, 9.17) is 9.47 Å². The van der Waals surface area contributed by atoms with Crippen molar-refractivity contribution < 1.29 is 9.47 Å². The van der Waals surface area contributed by atoms with Crippen LogP contribution >= 0.6 is 0 Å². The largest absolute Gasteiger partial charge is 0.493 e. The van der Waals surface area contributed by atoms with Gasteiger partial charge in [-0.25, -0.2) is 9.97 Å². The SMILES string of the molecule is CC(C)(CCOc1ccccc1-c1cnc[nH]1)CCOc1ccccc1-c1cnc[nH]1. The van der Waals surface area contributed by atoms with E-state index in [-0.39, 0.29) is 5.41 Å². The Labute approximate surface area is 182 Å². The molecule has 4 rings (SSSR count). The maximum Gasteiger partial charge on any atom is 0.128 e. The fourth-order valence-electron chi connectivity index (χ4n) is 3.44. The van der Waals surface area contributed by atoms with Gasteiger partial charge in [-0.2, -0.15) is 0 Å². The molecule has 2 N–H and O–H groups in total. The van der Waals surface area contributed by atoms with Crippen molar-refractivity contribution in [3.8, 4) is 34.0 Å². The minimum atomic E-state index is 0.0891. The molecule has 0 aliphatic rings. The molecule has 0 radical (unpaired) electrons. The van der Waals surface area contributed by atoms with E-state index < -0.39 is 0 Å². The van der Waals surface area contributed by atoms with Gasteiger partial charge in [-0.05, 0) is 42.5 Å². The van der Waals surface area contributed by atoms with Crippen molar-refractivity contribution in [2.75, 3.05) is 13.2 Å². The molecular weight excluding hydrogens is 388 g/mol. The van der Waals surface area contributed by atoms with Gasteiger partial charge < -0.3 is 19.4 Å². The van der Waals surface area contributed by atoms with Gasteiger partial charge >= 0.3 is 0 Å². The number of benzene rings is 2. The van der Waals surface area contributed by atoms with E-state index in [2.05, 4.69) is 33.8 Å². The minimum Gasteiger partial charge on any atom is -0.493 e. The van der Waals surface area contributed by atoms with Crippen LogP contribution in [0, 0.1) is 5.41 Å². The molecule has 0 fully saturated rings. The molecule has 0 saturated carbocycles. The van der Waals surface area contributed by atoms with Gasteiger partial charge in [0, 0.05) is 11.1 Å². The quantitative estimate of drug-likeness (QED) is 0.346. The number of hydrogen-bond donors (Lipinski definition) is 2. The highest BCUT2D eigenvalue weighted by atomic mass is 16.5. The van der Waals surface area contributed by atoms with Crippen LogP contribution in [0.15, 0.2) is 73.6 Å². The lowest BCUT2D eigenvalue weighted by Crippen LogP contribution is -2.19. The van der Waals surface area contributed by atoms with Gasteiger partial charge in [0.2, 0.25) is 0 Å². The topological polar surface area (TPSA) is 75.8 Å². The lowest BCUT2D eigenvalue weighted by Gasteiger charge is -2.25. The first-order chi connectivity index (χ1) is 15.1. The number of rotatable bonds is 10. The molecule has 0 atom stereocenters. The molecule has 31 heavy (non-hydrogen) atoms. The Hall–Kier alpha value is -3.54. The summed E-state index contributed by atoms with van der Waals surface area (Å²) >= 11 is 0. The molecule has 0 saturated heterocycles. The van der Waals surface area contributed by atoms with E-state index in [1.54, 1.807) is 12.7 Å². The average Bonchev–Trinajstić information content (AvgIpc) is 3.49. The third-order valence-electron chi connectivity index (χ3n) is 5.42. The third-order valence-corrected chi connectivity index (χ3v) is 5.42. The van der Waals surface area contributed by atoms with Crippen LogP contribution in [0.25, 0.3) is 22.5 Å². The Bertz CT molecular complexity index is 987. The van der Waals surface area contributed by atoms with Gasteiger partial charge in [0.1, 0.15) is 11.5 Å². The fraction of sp³-hybridized carbons (Fsp3) is 0.280. The van der Waals surface area contributed by atoms with Gasteiger partial charge in [0.25, 0.3) is 0 Å². The summed E-state index contributed by atoms with van der Waals surface area (Å²) < 4.78 is 12.3. The number of H-pyrrole nitrogens is 2. The van der Waals surface area contributed by atoms with Gasteiger partial charge in [-0.15, -0.1) is 0 Å². The maximum atomic E-state index is 6.13. The highest BCUT2D eigenvalue weighted by Gasteiger charge is 2.19. The molecule has 0 unspecified atom stereocenters. The van der Waals surface area contributed by atoms with Gasteiger partial charge in [0.05, 0.1) is 49.6 Å². The molecular formula is C25H28N4O2. The van der Waals surface area contributed by atoms with Crippen molar-refractivity contribution >= 4 is 0 Å². The predicted octanol–water partition coefficient (Wildman–Crippen LogP) is 5.73. The normalized spacial score (nSPS) is 11.4. The Morgan fingerprint density at radius 2 is 1.16 bits per heavy atom. The van der Waals surface area contributed by atoms with Crippen LogP contribution in [0.3, 0.4) is 0 Å². The average molecular weight is 417 g/mol. The van der Waals surface area contributed by atoms with Crippen LogP contribution < -0.4 is 9.47 Å². The van der Waals surface area contributed by atoms with Crippen molar-refractivity contribution in [1.82, 2.24) is 19.9 Å². The van der Waals surface area contributed by atoms with Crippen LogP contribution in [0.2, 0.25) is 0 Å². The van der Waals surface area contributed by atoms with Crippen molar-refractivity contribution in [1.29, 1.82) is 0 Å². The number of nitrogens with zero attached hydrogens (tertiary/aromatic N) is 2. The Balaban J connectivity index is 1.29. The van der Waals surface area contributed by atoms with Crippen LogP contribution in [-0.2, 0) is 0 Å². The molecule has 0 aliphatic heterocycles. The van der Waals surface area contributed by atoms with E-state index >= 15 is 0 Å². The summed E-state index contributed by atoms with van der Waals surface area (Å²) in [6.07, 6.45) is 8.83. The Kier molecular flexibility index (Phi) is 6.36. The number of nitrogens with one attached hydrogen (secondary N) is 2. The first-order valence-electron chi connectivity index (χ1n) is 10.5. The highest BCUT2D eigenvalue weighted by Crippen LogP contribution is 2.32. The maximum absolute atomic E-state index is 6.13. The summed E-state index contributed by atoms with van der Waals surface area (Å²) in [5, 5.41) is 0. The molecule has 4 aromatic rings. The molecule has 0 spiro atoms. The zero-order valence-corrected chi connectivity index (χ0v) is 18.0. The minimum absolute atomic E-state index is 0.0891. The summed E-state index contributed by atoms with van der Waals surface area (Å²) in [5.41, 5.74) is 4.05. The highest BCUT2D eigenvalue weighted by molar-refractivity contribution is 5.67. The second-order valence-corrected chi connectivity index (χ2v) is 8.28. The summed E-state index contributed by atoms with van der Waals surface area (Å²) in [5.74, 6) is 1.74. The van der Waals surface area contributed by atoms with Crippen LogP contribution in [0.1, 0.15) is 26.7 Å². The van der Waals surface area contributed by atoms with Crippen molar-refractivity contribution in [2.45, 2.75) is 26.7 Å². The molecule has 0 aliphatic carbocycles. The Morgan fingerprint density at radius 1 is 0.710 bits per heavy atom. The Morgan fingerprint density at radius 3 is 1.58 bits per heavy atom. The van der Waals surface area contributed by atoms with Crippen LogP contribution in [0.4, 0.5) is 0 Å². The monoisotopic (exact) mass is 416 g/mol. The third kappa shape index (κ3) is 5.34. The smallest absolute Gasteiger partial charge is 0.128 e. The predicted molar refractivity (Wildman–Crippen MR) is 122 cm³/mol. The number of para-hydroxylation sites is 2. The number of aromatic nitrogens is 4. The molecule has 2 aromatic heterocycles. The lowest BCUT2D eigenvalue weighted by molar-refractivity contribution is 0.182. The number of imidazole rings is 2. The van der Waals surface area contributed by atoms with Crippen molar-refractivity contribution in [2.24, 2.45) is 5.41 Å². The number of aromatic amines is 2. The van der Waals surface area contributed by atoms with Crippen LogP contribution in [-0.4, -0.2) is 33.1 Å². The fourth-order valence-corrected chi connectivity index (χ4v) is 3.44. The van der Waals surface area contributed by atoms with Gasteiger partial charge in [0.15, 0.2) is 0 Å². The molecule has 2 heterocycles. The van der Waals surface area contributed by atoms with Crippen LogP contribution in [0.5, 0.6) is 11.5 Å². The molecule has 6 heteroatoms. The van der Waals surface area contributed by atoms with Crippen molar-refractivity contribution in [3.05, 3.63) is 73.6 Å². The number of ether oxygens (including phenoxy) is 2. The molecule has 0 bridgehead atoms. The summed E-state index contributed by atoms with van der Waals surface area (Å²) in [7, 11) is 0. The lowest BCUT2D eigenvalue weighted by atomic mass is 9.86. The summed E-state index contributed by atoms with van der Waals surface area (Å²) in [6, 6.07) is 16.1. The second kappa shape index (κ2) is 9.51. The first-order valence-corrected chi connectivity index (χ1v) is 10.5. The summed E-state index contributed by atoms with van der Waals surface area (Å²) in [4.78, 5) is 14.5. The molecule has 0 amide bonds. The van der Waals surface area contributed by atoms with E-state index in [9.17, 15) is 0 Å². The van der Waals surface area contributed by atoms with E-state index in [1.165, 1.54) is 0 Å².